The van der Waals surface area contributed by atoms with Crippen LogP contribution in [0.4, 0.5) is 5.69 Å². The van der Waals surface area contributed by atoms with Gasteiger partial charge in [-0.05, 0) is 44.0 Å². The molecule has 0 unspecified atom stereocenters. The van der Waals surface area contributed by atoms with E-state index in [0.717, 1.165) is 32.2 Å². The fourth-order valence-corrected chi connectivity index (χ4v) is 2.45. The molecule has 118 valence electrons. The molecule has 0 bridgehead atoms. The standard InChI is InChI=1S/C15H21ClN2O2.ClH/c1-2-9-20-14-7-6-11(10-12(14)16)18-15(19)13-5-3-4-8-17-13;/h6-7,10,13,17H,2-5,8-9H2,1H3,(H,18,19);1H/t13-;/m1./s1. The van der Waals surface area contributed by atoms with E-state index in [9.17, 15) is 4.79 Å². The molecule has 1 heterocycles. The lowest BCUT2D eigenvalue weighted by Gasteiger charge is -2.22. The average molecular weight is 333 g/mol. The molecule has 1 atom stereocenters. The van der Waals surface area contributed by atoms with E-state index < -0.39 is 0 Å². The molecule has 4 nitrogen and oxygen atoms in total. The van der Waals surface area contributed by atoms with E-state index in [-0.39, 0.29) is 24.4 Å². The van der Waals surface area contributed by atoms with Crippen LogP contribution in [0.25, 0.3) is 0 Å². The fourth-order valence-electron chi connectivity index (χ4n) is 2.21. The van der Waals surface area contributed by atoms with Gasteiger partial charge < -0.3 is 15.4 Å². The van der Waals surface area contributed by atoms with Crippen molar-refractivity contribution in [2.75, 3.05) is 18.5 Å². The zero-order chi connectivity index (χ0) is 14.4. The van der Waals surface area contributed by atoms with Gasteiger partial charge in [0, 0.05) is 5.69 Å². The van der Waals surface area contributed by atoms with Gasteiger partial charge in [-0.3, -0.25) is 4.79 Å². The molecule has 6 heteroatoms. The summed E-state index contributed by atoms with van der Waals surface area (Å²) in [5.41, 5.74) is 0.705. The van der Waals surface area contributed by atoms with Gasteiger partial charge in [-0.1, -0.05) is 24.9 Å². The molecule has 1 saturated heterocycles. The second-order valence-corrected chi connectivity index (χ2v) is 5.39. The molecule has 1 fully saturated rings. The third kappa shape index (κ3) is 5.38. The number of piperidine rings is 1. The lowest BCUT2D eigenvalue weighted by Crippen LogP contribution is -2.43. The SMILES string of the molecule is CCCOc1ccc(NC(=O)[C@H]2CCCCN2)cc1Cl.Cl. The number of carbonyl (C=O) groups is 1. The van der Waals surface area contributed by atoms with E-state index in [1.165, 1.54) is 0 Å². The molecular weight excluding hydrogens is 311 g/mol. The van der Waals surface area contributed by atoms with E-state index in [1.54, 1.807) is 12.1 Å². The van der Waals surface area contributed by atoms with Crippen LogP contribution in [0.1, 0.15) is 32.6 Å². The van der Waals surface area contributed by atoms with Crippen LogP contribution >= 0.6 is 24.0 Å². The van der Waals surface area contributed by atoms with Crippen LogP contribution in [0.3, 0.4) is 0 Å². The first-order chi connectivity index (χ1) is 9.70. The highest BCUT2D eigenvalue weighted by molar-refractivity contribution is 6.32. The number of benzene rings is 1. The number of hydrogen-bond donors (Lipinski definition) is 2. The number of nitrogens with one attached hydrogen (secondary N) is 2. The molecule has 2 N–H and O–H groups in total. The maximum absolute atomic E-state index is 12.1. The highest BCUT2D eigenvalue weighted by Crippen LogP contribution is 2.28. The van der Waals surface area contributed by atoms with Gasteiger partial charge in [0.05, 0.1) is 17.7 Å². The Labute approximate surface area is 137 Å². The quantitative estimate of drug-likeness (QED) is 0.865. The predicted molar refractivity (Wildman–Crippen MR) is 88.8 cm³/mol. The summed E-state index contributed by atoms with van der Waals surface area (Å²) in [5.74, 6) is 0.658. The molecule has 0 radical (unpaired) electrons. The first-order valence-electron chi connectivity index (χ1n) is 7.17. The zero-order valence-electron chi connectivity index (χ0n) is 12.2. The molecule has 0 aromatic heterocycles. The molecule has 1 amide bonds. The Kier molecular flexibility index (Phi) is 7.86. The number of carbonyl (C=O) groups excluding carboxylic acids is 1. The fraction of sp³-hybridized carbons (Fsp3) is 0.533. The van der Waals surface area contributed by atoms with Gasteiger partial charge in [0.2, 0.25) is 5.91 Å². The summed E-state index contributed by atoms with van der Waals surface area (Å²) in [7, 11) is 0. The summed E-state index contributed by atoms with van der Waals surface area (Å²) >= 11 is 6.14. The first-order valence-corrected chi connectivity index (χ1v) is 7.55. The number of halogens is 2. The van der Waals surface area contributed by atoms with Crippen molar-refractivity contribution in [3.63, 3.8) is 0 Å². The van der Waals surface area contributed by atoms with Crippen molar-refractivity contribution in [3.05, 3.63) is 23.2 Å². The Morgan fingerprint density at radius 2 is 2.29 bits per heavy atom. The molecule has 0 spiro atoms. The lowest BCUT2D eigenvalue weighted by atomic mass is 10.0. The van der Waals surface area contributed by atoms with Crippen LogP contribution in [0.5, 0.6) is 5.75 Å². The van der Waals surface area contributed by atoms with Crippen LogP contribution in [0.15, 0.2) is 18.2 Å². The molecule has 1 aliphatic heterocycles. The van der Waals surface area contributed by atoms with Gasteiger partial charge in [0.1, 0.15) is 5.75 Å². The summed E-state index contributed by atoms with van der Waals surface area (Å²) in [6.45, 7) is 3.58. The minimum atomic E-state index is -0.0986. The van der Waals surface area contributed by atoms with E-state index in [0.29, 0.717) is 23.1 Å². The minimum Gasteiger partial charge on any atom is -0.492 e. The topological polar surface area (TPSA) is 50.4 Å². The predicted octanol–water partition coefficient (Wildman–Crippen LogP) is 3.63. The number of anilines is 1. The van der Waals surface area contributed by atoms with Gasteiger partial charge in [-0.15, -0.1) is 12.4 Å². The van der Waals surface area contributed by atoms with Crippen molar-refractivity contribution in [1.82, 2.24) is 5.32 Å². The Morgan fingerprint density at radius 1 is 1.48 bits per heavy atom. The summed E-state index contributed by atoms with van der Waals surface area (Å²) in [4.78, 5) is 12.1. The number of amides is 1. The van der Waals surface area contributed by atoms with Crippen molar-refractivity contribution in [2.45, 2.75) is 38.6 Å². The summed E-state index contributed by atoms with van der Waals surface area (Å²) in [6, 6.07) is 5.24. The van der Waals surface area contributed by atoms with Gasteiger partial charge in [0.15, 0.2) is 0 Å². The van der Waals surface area contributed by atoms with Crippen LogP contribution in [-0.2, 0) is 4.79 Å². The smallest absolute Gasteiger partial charge is 0.241 e. The van der Waals surface area contributed by atoms with Crippen LogP contribution < -0.4 is 15.4 Å². The van der Waals surface area contributed by atoms with Crippen molar-refractivity contribution in [1.29, 1.82) is 0 Å². The number of rotatable bonds is 5. The maximum atomic E-state index is 12.1. The summed E-state index contributed by atoms with van der Waals surface area (Å²) < 4.78 is 5.51. The van der Waals surface area contributed by atoms with E-state index in [4.69, 9.17) is 16.3 Å². The average Bonchev–Trinajstić information content (AvgIpc) is 2.47. The van der Waals surface area contributed by atoms with Crippen molar-refractivity contribution >= 4 is 35.6 Å². The third-order valence-corrected chi connectivity index (χ3v) is 3.58. The first kappa shape index (κ1) is 18.1. The molecule has 1 aliphatic rings. The Hall–Kier alpha value is -0.970. The molecular formula is C15H22Cl2N2O2. The van der Waals surface area contributed by atoms with E-state index >= 15 is 0 Å². The second kappa shape index (κ2) is 9.13. The zero-order valence-corrected chi connectivity index (χ0v) is 13.7. The lowest BCUT2D eigenvalue weighted by molar-refractivity contribution is -0.118. The highest BCUT2D eigenvalue weighted by Gasteiger charge is 2.20. The van der Waals surface area contributed by atoms with E-state index in [1.807, 2.05) is 13.0 Å². The number of ether oxygens (including phenoxy) is 1. The highest BCUT2D eigenvalue weighted by atomic mass is 35.5. The summed E-state index contributed by atoms with van der Waals surface area (Å²) in [5, 5.41) is 6.64. The maximum Gasteiger partial charge on any atom is 0.241 e. The normalized spacial score (nSPS) is 17.7. The van der Waals surface area contributed by atoms with Gasteiger partial charge in [0.25, 0.3) is 0 Å². The molecule has 0 saturated carbocycles. The van der Waals surface area contributed by atoms with E-state index in [2.05, 4.69) is 10.6 Å². The summed E-state index contributed by atoms with van der Waals surface area (Å²) in [6.07, 6.45) is 4.05. The molecule has 1 aromatic rings. The number of hydrogen-bond acceptors (Lipinski definition) is 3. The molecule has 1 aromatic carbocycles. The molecule has 0 aliphatic carbocycles. The third-order valence-electron chi connectivity index (χ3n) is 3.29. The second-order valence-electron chi connectivity index (χ2n) is 4.99. The Balaban J connectivity index is 0.00000220. The van der Waals surface area contributed by atoms with Gasteiger partial charge in [-0.25, -0.2) is 0 Å². The van der Waals surface area contributed by atoms with Crippen LogP contribution in [0, 0.1) is 0 Å². The molecule has 2 rings (SSSR count). The minimum absolute atomic E-state index is 0. The monoisotopic (exact) mass is 332 g/mol. The van der Waals surface area contributed by atoms with Gasteiger partial charge >= 0.3 is 0 Å². The Morgan fingerprint density at radius 3 is 2.90 bits per heavy atom. The van der Waals surface area contributed by atoms with Crippen molar-refractivity contribution < 1.29 is 9.53 Å². The van der Waals surface area contributed by atoms with Gasteiger partial charge in [-0.2, -0.15) is 0 Å². The van der Waals surface area contributed by atoms with Crippen LogP contribution in [0.2, 0.25) is 5.02 Å². The molecule has 21 heavy (non-hydrogen) atoms. The van der Waals surface area contributed by atoms with Crippen molar-refractivity contribution in [2.24, 2.45) is 0 Å². The largest absolute Gasteiger partial charge is 0.492 e. The van der Waals surface area contributed by atoms with Crippen molar-refractivity contribution in [3.8, 4) is 5.75 Å². The van der Waals surface area contributed by atoms with Crippen LogP contribution in [-0.4, -0.2) is 25.1 Å². The Bertz CT molecular complexity index is 463.